The zero-order valence-electron chi connectivity index (χ0n) is 16.8. The highest BCUT2D eigenvalue weighted by molar-refractivity contribution is 5.78. The van der Waals surface area contributed by atoms with Gasteiger partial charge in [0.1, 0.15) is 17.6 Å². The van der Waals surface area contributed by atoms with Crippen molar-refractivity contribution in [1.82, 2.24) is 0 Å². The number of esters is 1. The van der Waals surface area contributed by atoms with Crippen LogP contribution >= 0.6 is 0 Å². The minimum Gasteiger partial charge on any atom is -0.461 e. The maximum atomic E-state index is 11.7. The highest BCUT2D eigenvalue weighted by Gasteiger charge is 2.42. The second-order valence-corrected chi connectivity index (χ2v) is 7.63. The van der Waals surface area contributed by atoms with Crippen LogP contribution in [-0.2, 0) is 19.0 Å². The van der Waals surface area contributed by atoms with Crippen molar-refractivity contribution in [2.75, 3.05) is 6.61 Å². The van der Waals surface area contributed by atoms with E-state index >= 15 is 0 Å². The van der Waals surface area contributed by atoms with Crippen LogP contribution in [0.1, 0.15) is 50.7 Å². The molecule has 2 aliphatic heterocycles. The molecule has 4 rings (SSSR count). The Kier molecular flexibility index (Phi) is 6.47. The molecule has 2 fully saturated rings. The van der Waals surface area contributed by atoms with Crippen molar-refractivity contribution in [3.63, 3.8) is 0 Å². The lowest BCUT2D eigenvalue weighted by Crippen LogP contribution is -2.45. The maximum absolute atomic E-state index is 11.7. The van der Waals surface area contributed by atoms with Crippen LogP contribution in [0.15, 0.2) is 54.6 Å². The summed E-state index contributed by atoms with van der Waals surface area (Å²) in [5.41, 5.74) is 1.04. The Morgan fingerprint density at radius 2 is 1.79 bits per heavy atom. The van der Waals surface area contributed by atoms with Gasteiger partial charge in [0.15, 0.2) is 6.29 Å². The summed E-state index contributed by atoms with van der Waals surface area (Å²) in [6, 6.07) is 17.6. The first kappa shape index (κ1) is 19.9. The first-order valence-electron chi connectivity index (χ1n) is 10.5. The van der Waals surface area contributed by atoms with Crippen molar-refractivity contribution in [3.8, 4) is 11.5 Å². The van der Waals surface area contributed by atoms with Crippen molar-refractivity contribution in [2.24, 2.45) is 5.92 Å². The molecule has 2 aliphatic rings. The van der Waals surface area contributed by atoms with E-state index in [1.54, 1.807) is 0 Å². The number of para-hydroxylation sites is 1. The molecule has 2 saturated heterocycles. The fraction of sp³-hybridized carbons (Fsp3) is 0.458. The fourth-order valence-corrected chi connectivity index (χ4v) is 3.90. The molecule has 0 saturated carbocycles. The van der Waals surface area contributed by atoms with E-state index in [1.807, 2.05) is 61.5 Å². The SMILES string of the molecule is CC[C@@H]1C(=O)O[C@H]1C[C@H](OC1CCCCO1)c1ccc(Oc2ccccc2)cc1. The van der Waals surface area contributed by atoms with Crippen molar-refractivity contribution >= 4 is 5.97 Å². The quantitative estimate of drug-likeness (QED) is 0.559. The van der Waals surface area contributed by atoms with Gasteiger partial charge in [0.05, 0.1) is 12.0 Å². The van der Waals surface area contributed by atoms with E-state index in [1.165, 1.54) is 0 Å². The van der Waals surface area contributed by atoms with Crippen molar-refractivity contribution in [1.29, 1.82) is 0 Å². The summed E-state index contributed by atoms with van der Waals surface area (Å²) >= 11 is 0. The highest BCUT2D eigenvalue weighted by atomic mass is 16.7. The number of benzene rings is 2. The topological polar surface area (TPSA) is 54.0 Å². The highest BCUT2D eigenvalue weighted by Crippen LogP contribution is 2.36. The summed E-state index contributed by atoms with van der Waals surface area (Å²) in [7, 11) is 0. The van der Waals surface area contributed by atoms with Gasteiger partial charge in [0.25, 0.3) is 0 Å². The van der Waals surface area contributed by atoms with Crippen LogP contribution in [0.5, 0.6) is 11.5 Å². The molecule has 1 unspecified atom stereocenters. The number of carbonyl (C=O) groups excluding carboxylic acids is 1. The van der Waals surface area contributed by atoms with Crippen molar-refractivity contribution < 1.29 is 23.7 Å². The fourth-order valence-electron chi connectivity index (χ4n) is 3.90. The second kappa shape index (κ2) is 9.42. The molecule has 0 bridgehead atoms. The number of rotatable bonds is 8. The predicted octanol–water partition coefficient (Wildman–Crippen LogP) is 5.40. The molecular weight excluding hydrogens is 368 g/mol. The number of ether oxygens (including phenoxy) is 4. The van der Waals surface area contributed by atoms with E-state index in [-0.39, 0.29) is 30.4 Å². The monoisotopic (exact) mass is 396 g/mol. The van der Waals surface area contributed by atoms with Crippen LogP contribution in [0.3, 0.4) is 0 Å². The van der Waals surface area contributed by atoms with Crippen LogP contribution < -0.4 is 4.74 Å². The Balaban J connectivity index is 1.46. The van der Waals surface area contributed by atoms with E-state index in [9.17, 15) is 4.79 Å². The summed E-state index contributed by atoms with van der Waals surface area (Å²) < 4.78 is 23.4. The molecule has 29 heavy (non-hydrogen) atoms. The molecule has 2 aromatic carbocycles. The van der Waals surface area contributed by atoms with Gasteiger partial charge in [0.2, 0.25) is 0 Å². The minimum absolute atomic E-state index is 0.0333. The summed E-state index contributed by atoms with van der Waals surface area (Å²) in [5.74, 6) is 1.44. The smallest absolute Gasteiger partial charge is 0.313 e. The molecular formula is C24H28O5. The molecule has 154 valence electrons. The Morgan fingerprint density at radius 3 is 2.45 bits per heavy atom. The number of cyclic esters (lactones) is 1. The van der Waals surface area contributed by atoms with Gasteiger partial charge >= 0.3 is 5.97 Å². The largest absolute Gasteiger partial charge is 0.461 e. The Hall–Kier alpha value is -2.37. The van der Waals surface area contributed by atoms with E-state index in [0.29, 0.717) is 6.42 Å². The van der Waals surface area contributed by atoms with Crippen molar-refractivity contribution in [2.45, 2.75) is 57.5 Å². The lowest BCUT2D eigenvalue weighted by Gasteiger charge is -2.37. The molecule has 5 nitrogen and oxygen atoms in total. The van der Waals surface area contributed by atoms with Gasteiger partial charge in [-0.25, -0.2) is 0 Å². The standard InChI is InChI=1S/C24H28O5/c1-2-20-22(29-24(20)25)16-21(28-23-10-6-7-15-26-23)17-11-13-19(14-12-17)27-18-8-4-3-5-9-18/h3-5,8-9,11-14,20-23H,2,6-7,10,15-16H2,1H3/t20-,21-,22-,23?/m0/s1. The third kappa shape index (κ3) is 4.98. The van der Waals surface area contributed by atoms with Crippen LogP contribution in [0.25, 0.3) is 0 Å². The zero-order valence-corrected chi connectivity index (χ0v) is 16.8. The third-order valence-electron chi connectivity index (χ3n) is 5.59. The average molecular weight is 396 g/mol. The van der Waals surface area contributed by atoms with Crippen LogP contribution in [0.4, 0.5) is 0 Å². The normalized spacial score (nSPS) is 25.0. The maximum Gasteiger partial charge on any atom is 0.313 e. The number of carbonyl (C=O) groups is 1. The first-order valence-corrected chi connectivity index (χ1v) is 10.5. The molecule has 4 atom stereocenters. The molecule has 0 radical (unpaired) electrons. The summed E-state index contributed by atoms with van der Waals surface area (Å²) in [5, 5.41) is 0. The van der Waals surface area contributed by atoms with Gasteiger partial charge in [0, 0.05) is 13.0 Å². The lowest BCUT2D eigenvalue weighted by molar-refractivity contribution is -0.211. The van der Waals surface area contributed by atoms with Gasteiger partial charge < -0.3 is 18.9 Å². The number of hydrogen-bond donors (Lipinski definition) is 0. The lowest BCUT2D eigenvalue weighted by atomic mass is 9.88. The summed E-state index contributed by atoms with van der Waals surface area (Å²) in [4.78, 5) is 11.7. The zero-order chi connectivity index (χ0) is 20.1. The predicted molar refractivity (Wildman–Crippen MR) is 109 cm³/mol. The Labute approximate surface area is 171 Å². The van der Waals surface area contributed by atoms with Crippen LogP contribution in [0, 0.1) is 5.92 Å². The van der Waals surface area contributed by atoms with Gasteiger partial charge in [-0.15, -0.1) is 0 Å². The molecule has 0 aromatic heterocycles. The molecule has 0 amide bonds. The van der Waals surface area contributed by atoms with Crippen LogP contribution in [0.2, 0.25) is 0 Å². The average Bonchev–Trinajstić information content (AvgIpc) is 2.75. The summed E-state index contributed by atoms with van der Waals surface area (Å²) in [6.07, 6.45) is 4.03. The Morgan fingerprint density at radius 1 is 1.03 bits per heavy atom. The van der Waals surface area contributed by atoms with E-state index in [4.69, 9.17) is 18.9 Å². The second-order valence-electron chi connectivity index (χ2n) is 7.63. The van der Waals surface area contributed by atoms with E-state index < -0.39 is 0 Å². The first-order chi connectivity index (χ1) is 14.2. The minimum atomic E-state index is -0.204. The van der Waals surface area contributed by atoms with Gasteiger partial charge in [-0.3, -0.25) is 4.79 Å². The van der Waals surface area contributed by atoms with E-state index in [0.717, 1.165) is 49.4 Å². The van der Waals surface area contributed by atoms with Crippen LogP contribution in [-0.4, -0.2) is 25.0 Å². The van der Waals surface area contributed by atoms with E-state index in [2.05, 4.69) is 0 Å². The molecule has 0 N–H and O–H groups in total. The summed E-state index contributed by atoms with van der Waals surface area (Å²) in [6.45, 7) is 2.76. The molecule has 0 spiro atoms. The molecule has 2 aromatic rings. The molecule has 2 heterocycles. The van der Waals surface area contributed by atoms with Crippen molar-refractivity contribution in [3.05, 3.63) is 60.2 Å². The Bertz CT molecular complexity index is 783. The molecule has 5 heteroatoms. The third-order valence-corrected chi connectivity index (χ3v) is 5.59. The number of hydrogen-bond acceptors (Lipinski definition) is 5. The molecule has 0 aliphatic carbocycles. The van der Waals surface area contributed by atoms with Gasteiger partial charge in [-0.05, 0) is 55.5 Å². The van der Waals surface area contributed by atoms with Gasteiger partial charge in [-0.1, -0.05) is 37.3 Å². The van der Waals surface area contributed by atoms with Gasteiger partial charge in [-0.2, -0.15) is 0 Å².